The van der Waals surface area contributed by atoms with Gasteiger partial charge in [0.15, 0.2) is 11.5 Å². The molecule has 0 saturated heterocycles. The van der Waals surface area contributed by atoms with E-state index in [1.807, 2.05) is 0 Å². The van der Waals surface area contributed by atoms with E-state index in [0.717, 1.165) is 6.42 Å². The van der Waals surface area contributed by atoms with Gasteiger partial charge < -0.3 is 14.6 Å². The Balaban J connectivity index is 2.28. The van der Waals surface area contributed by atoms with Crippen LogP contribution in [0, 0.1) is 0 Å². The van der Waals surface area contributed by atoms with Crippen molar-refractivity contribution in [2.24, 2.45) is 0 Å². The largest absolute Gasteiger partial charge is 0.490 e. The lowest BCUT2D eigenvalue weighted by Gasteiger charge is -2.13. The zero-order chi connectivity index (χ0) is 13.9. The first-order chi connectivity index (χ1) is 9.03. The van der Waals surface area contributed by atoms with Crippen molar-refractivity contribution < 1.29 is 23.0 Å². The number of fused-ring (bicyclic) bond motifs is 1. The van der Waals surface area contributed by atoms with Crippen LogP contribution in [0.5, 0.6) is 11.5 Å². The molecule has 6 nitrogen and oxygen atoms in total. The SMILES string of the molecule is CC(CO)NS(=O)(=O)c1ccc2c(c1)OCCCO2. The molecule has 0 aromatic heterocycles. The summed E-state index contributed by atoms with van der Waals surface area (Å²) >= 11 is 0. The van der Waals surface area contributed by atoms with Gasteiger partial charge >= 0.3 is 0 Å². The zero-order valence-corrected chi connectivity index (χ0v) is 11.4. The maximum atomic E-state index is 12.1. The van der Waals surface area contributed by atoms with Crippen LogP contribution in [0.3, 0.4) is 0 Å². The molecule has 106 valence electrons. The molecule has 1 aliphatic heterocycles. The first-order valence-corrected chi connectivity index (χ1v) is 7.54. The fourth-order valence-electron chi connectivity index (χ4n) is 1.68. The molecule has 0 fully saturated rings. The number of rotatable bonds is 4. The molecule has 1 unspecified atom stereocenters. The monoisotopic (exact) mass is 287 g/mol. The lowest BCUT2D eigenvalue weighted by molar-refractivity contribution is 0.265. The topological polar surface area (TPSA) is 84.9 Å². The molecule has 0 spiro atoms. The number of ether oxygens (including phenoxy) is 2. The Labute approximate surface area is 112 Å². The van der Waals surface area contributed by atoms with Crippen molar-refractivity contribution >= 4 is 10.0 Å². The molecule has 1 aliphatic rings. The van der Waals surface area contributed by atoms with Crippen LogP contribution in [0.15, 0.2) is 23.1 Å². The minimum Gasteiger partial charge on any atom is -0.490 e. The highest BCUT2D eigenvalue weighted by atomic mass is 32.2. The molecule has 1 aromatic carbocycles. The van der Waals surface area contributed by atoms with Gasteiger partial charge in [-0.1, -0.05) is 0 Å². The van der Waals surface area contributed by atoms with Gasteiger partial charge in [0.05, 0.1) is 24.7 Å². The molecular weight excluding hydrogens is 270 g/mol. The van der Waals surface area contributed by atoms with Gasteiger partial charge in [-0.05, 0) is 19.1 Å². The Morgan fingerprint density at radius 3 is 2.68 bits per heavy atom. The van der Waals surface area contributed by atoms with Crippen molar-refractivity contribution in [1.29, 1.82) is 0 Å². The normalized spacial score (nSPS) is 16.7. The summed E-state index contributed by atoms with van der Waals surface area (Å²) in [5.41, 5.74) is 0. The summed E-state index contributed by atoms with van der Waals surface area (Å²) in [4.78, 5) is 0.0945. The Morgan fingerprint density at radius 2 is 2.00 bits per heavy atom. The second-order valence-electron chi connectivity index (χ2n) is 4.36. The van der Waals surface area contributed by atoms with Gasteiger partial charge in [0, 0.05) is 18.5 Å². The van der Waals surface area contributed by atoms with Crippen molar-refractivity contribution in [2.45, 2.75) is 24.3 Å². The predicted molar refractivity (Wildman–Crippen MR) is 68.9 cm³/mol. The van der Waals surface area contributed by atoms with Gasteiger partial charge in [0.2, 0.25) is 10.0 Å². The van der Waals surface area contributed by atoms with E-state index in [1.54, 1.807) is 13.0 Å². The van der Waals surface area contributed by atoms with Crippen LogP contribution in [0.4, 0.5) is 0 Å². The zero-order valence-electron chi connectivity index (χ0n) is 10.6. The number of benzene rings is 1. The molecule has 0 aliphatic carbocycles. The van der Waals surface area contributed by atoms with Crippen molar-refractivity contribution in [1.82, 2.24) is 4.72 Å². The highest BCUT2D eigenvalue weighted by Gasteiger charge is 2.20. The average molecular weight is 287 g/mol. The Morgan fingerprint density at radius 1 is 1.32 bits per heavy atom. The van der Waals surface area contributed by atoms with E-state index < -0.39 is 16.1 Å². The Bertz CT molecular complexity index is 543. The van der Waals surface area contributed by atoms with Crippen LogP contribution >= 0.6 is 0 Å². The minimum absolute atomic E-state index is 0.0945. The fourth-order valence-corrected chi connectivity index (χ4v) is 2.93. The number of hydrogen-bond donors (Lipinski definition) is 2. The van der Waals surface area contributed by atoms with E-state index in [4.69, 9.17) is 14.6 Å². The first kappa shape index (κ1) is 14.1. The van der Waals surface area contributed by atoms with Crippen molar-refractivity contribution in [3.63, 3.8) is 0 Å². The van der Waals surface area contributed by atoms with E-state index in [9.17, 15) is 8.42 Å². The van der Waals surface area contributed by atoms with E-state index in [1.165, 1.54) is 12.1 Å². The highest BCUT2D eigenvalue weighted by Crippen LogP contribution is 2.31. The Kier molecular flexibility index (Phi) is 4.28. The molecular formula is C12H17NO5S. The molecule has 1 atom stereocenters. The summed E-state index contributed by atoms with van der Waals surface area (Å²) in [5, 5.41) is 8.90. The molecule has 2 rings (SSSR count). The molecule has 1 aromatic rings. The smallest absolute Gasteiger partial charge is 0.241 e. The third kappa shape index (κ3) is 3.37. The highest BCUT2D eigenvalue weighted by molar-refractivity contribution is 7.89. The second kappa shape index (κ2) is 5.77. The van der Waals surface area contributed by atoms with Crippen LogP contribution in [-0.2, 0) is 10.0 Å². The summed E-state index contributed by atoms with van der Waals surface area (Å²) in [5.74, 6) is 0.976. The molecule has 7 heteroatoms. The van der Waals surface area contributed by atoms with Gasteiger partial charge in [-0.15, -0.1) is 0 Å². The number of sulfonamides is 1. The molecule has 0 bridgehead atoms. The number of aliphatic hydroxyl groups excluding tert-OH is 1. The van der Waals surface area contributed by atoms with Crippen molar-refractivity contribution in [3.8, 4) is 11.5 Å². The van der Waals surface area contributed by atoms with Gasteiger partial charge in [-0.2, -0.15) is 0 Å². The quantitative estimate of drug-likeness (QED) is 0.842. The molecule has 0 saturated carbocycles. The summed E-state index contributed by atoms with van der Waals surface area (Å²) in [6.07, 6.45) is 0.760. The van der Waals surface area contributed by atoms with Gasteiger partial charge in [-0.25, -0.2) is 13.1 Å². The van der Waals surface area contributed by atoms with Crippen LogP contribution in [0.2, 0.25) is 0 Å². The van der Waals surface area contributed by atoms with Crippen LogP contribution in [-0.4, -0.2) is 39.4 Å². The van der Waals surface area contributed by atoms with E-state index in [0.29, 0.717) is 24.7 Å². The third-order valence-corrected chi connectivity index (χ3v) is 4.25. The van der Waals surface area contributed by atoms with Crippen molar-refractivity contribution in [3.05, 3.63) is 18.2 Å². The average Bonchev–Trinajstić information content (AvgIpc) is 2.62. The molecule has 1 heterocycles. The van der Waals surface area contributed by atoms with Gasteiger partial charge in [0.1, 0.15) is 0 Å². The van der Waals surface area contributed by atoms with Crippen molar-refractivity contribution in [2.75, 3.05) is 19.8 Å². The van der Waals surface area contributed by atoms with E-state index in [-0.39, 0.29) is 11.5 Å². The molecule has 0 radical (unpaired) electrons. The van der Waals surface area contributed by atoms with Gasteiger partial charge in [0.25, 0.3) is 0 Å². The summed E-state index contributed by atoms with van der Waals surface area (Å²) in [7, 11) is -3.66. The van der Waals surface area contributed by atoms with Gasteiger partial charge in [-0.3, -0.25) is 0 Å². The second-order valence-corrected chi connectivity index (χ2v) is 6.08. The van der Waals surface area contributed by atoms with Crippen LogP contribution < -0.4 is 14.2 Å². The molecule has 19 heavy (non-hydrogen) atoms. The molecule has 2 N–H and O–H groups in total. The predicted octanol–water partition coefficient (Wildman–Crippen LogP) is 0.507. The summed E-state index contributed by atoms with van der Waals surface area (Å²) in [6.45, 7) is 2.38. The third-order valence-electron chi connectivity index (χ3n) is 2.66. The fraction of sp³-hybridized carbons (Fsp3) is 0.500. The van der Waals surface area contributed by atoms with Crippen LogP contribution in [0.25, 0.3) is 0 Å². The summed E-state index contributed by atoms with van der Waals surface area (Å²) in [6, 6.07) is 3.94. The lowest BCUT2D eigenvalue weighted by atomic mass is 10.3. The maximum absolute atomic E-state index is 12.1. The Hall–Kier alpha value is -1.31. The van der Waals surface area contributed by atoms with E-state index in [2.05, 4.69) is 4.72 Å². The standard InChI is InChI=1S/C12H17NO5S/c1-9(8-14)13-19(15,16)10-3-4-11-12(7-10)18-6-2-5-17-11/h3-4,7,9,13-14H,2,5-6,8H2,1H3. The first-order valence-electron chi connectivity index (χ1n) is 6.06. The lowest BCUT2D eigenvalue weighted by Crippen LogP contribution is -2.34. The summed E-state index contributed by atoms with van der Waals surface area (Å²) < 4.78 is 37.4. The van der Waals surface area contributed by atoms with E-state index >= 15 is 0 Å². The number of nitrogens with one attached hydrogen (secondary N) is 1. The minimum atomic E-state index is -3.66. The number of aliphatic hydroxyl groups is 1. The van der Waals surface area contributed by atoms with Crippen LogP contribution in [0.1, 0.15) is 13.3 Å². The maximum Gasteiger partial charge on any atom is 0.241 e. The molecule has 0 amide bonds. The number of hydrogen-bond acceptors (Lipinski definition) is 5.